The molecule has 1 fully saturated rings. The van der Waals surface area contributed by atoms with E-state index in [2.05, 4.69) is 36.2 Å². The van der Waals surface area contributed by atoms with Gasteiger partial charge < -0.3 is 4.90 Å². The molecule has 0 aliphatic carbocycles. The van der Waals surface area contributed by atoms with Gasteiger partial charge in [-0.15, -0.1) is 11.3 Å². The van der Waals surface area contributed by atoms with Crippen LogP contribution in [0.15, 0.2) is 35.8 Å². The fourth-order valence-electron chi connectivity index (χ4n) is 3.17. The van der Waals surface area contributed by atoms with Crippen molar-refractivity contribution in [1.82, 2.24) is 9.88 Å². The second-order valence-electron chi connectivity index (χ2n) is 6.36. The summed E-state index contributed by atoms with van der Waals surface area (Å²) in [6, 6.07) is 8.61. The monoisotopic (exact) mass is 328 g/mol. The predicted molar refractivity (Wildman–Crippen MR) is 94.8 cm³/mol. The van der Waals surface area contributed by atoms with Crippen LogP contribution >= 0.6 is 11.3 Å². The van der Waals surface area contributed by atoms with Crippen LogP contribution in [0.4, 0.5) is 0 Å². The smallest absolute Gasteiger partial charge is 0.222 e. The number of carbonyl (C=O) groups is 1. The lowest BCUT2D eigenvalue weighted by atomic mass is 9.97. The molecule has 0 bridgehead atoms. The van der Waals surface area contributed by atoms with Crippen LogP contribution in [0, 0.1) is 6.92 Å². The minimum Gasteiger partial charge on any atom is -0.343 e. The summed E-state index contributed by atoms with van der Waals surface area (Å²) in [6.45, 7) is 3.86. The molecule has 1 aromatic heterocycles. The molecule has 3 rings (SSSR count). The topological polar surface area (TPSA) is 33.2 Å². The van der Waals surface area contributed by atoms with Crippen LogP contribution in [0.5, 0.6) is 0 Å². The molecule has 1 aliphatic rings. The molecule has 0 N–H and O–H groups in total. The van der Waals surface area contributed by atoms with Gasteiger partial charge in [0.2, 0.25) is 5.91 Å². The number of likely N-dealkylation sites (tertiary alicyclic amines) is 1. The Morgan fingerprint density at radius 3 is 2.65 bits per heavy atom. The van der Waals surface area contributed by atoms with Crippen molar-refractivity contribution >= 4 is 17.2 Å². The van der Waals surface area contributed by atoms with Gasteiger partial charge in [0.15, 0.2) is 0 Å². The van der Waals surface area contributed by atoms with Crippen molar-refractivity contribution in [3.05, 3.63) is 52.0 Å². The van der Waals surface area contributed by atoms with Crippen LogP contribution in [0.25, 0.3) is 0 Å². The summed E-state index contributed by atoms with van der Waals surface area (Å²) in [5.41, 5.74) is 2.61. The van der Waals surface area contributed by atoms with E-state index in [0.717, 1.165) is 38.8 Å². The predicted octanol–water partition coefficient (Wildman–Crippen LogP) is 4.18. The van der Waals surface area contributed by atoms with Crippen molar-refractivity contribution in [2.75, 3.05) is 13.1 Å². The molecule has 0 unspecified atom stereocenters. The zero-order valence-electron chi connectivity index (χ0n) is 13.7. The number of hydrogen-bond acceptors (Lipinski definition) is 3. The number of benzene rings is 1. The summed E-state index contributed by atoms with van der Waals surface area (Å²) < 4.78 is 0. The average Bonchev–Trinajstić information content (AvgIpc) is 3.11. The quantitative estimate of drug-likeness (QED) is 0.825. The Labute approximate surface area is 142 Å². The van der Waals surface area contributed by atoms with E-state index in [9.17, 15) is 4.79 Å². The Morgan fingerprint density at radius 1 is 1.26 bits per heavy atom. The Kier molecular flexibility index (Phi) is 5.44. The van der Waals surface area contributed by atoms with Crippen molar-refractivity contribution in [2.45, 2.75) is 44.9 Å². The third-order valence-corrected chi connectivity index (χ3v) is 5.56. The summed E-state index contributed by atoms with van der Waals surface area (Å²) >= 11 is 1.74. The molecule has 1 saturated heterocycles. The van der Waals surface area contributed by atoms with Crippen molar-refractivity contribution in [1.29, 1.82) is 0 Å². The highest BCUT2D eigenvalue weighted by Gasteiger charge is 2.24. The first kappa shape index (κ1) is 16.2. The van der Waals surface area contributed by atoms with E-state index >= 15 is 0 Å². The fraction of sp³-hybridized carbons (Fsp3) is 0.474. The molecule has 0 atom stereocenters. The number of aromatic nitrogens is 1. The van der Waals surface area contributed by atoms with E-state index in [1.54, 1.807) is 11.3 Å². The maximum absolute atomic E-state index is 12.3. The van der Waals surface area contributed by atoms with Crippen LogP contribution in [-0.4, -0.2) is 28.9 Å². The lowest BCUT2D eigenvalue weighted by molar-refractivity contribution is -0.132. The molecule has 1 aliphatic heterocycles. The SMILES string of the molecule is Cc1ccc(CCCC(=O)N2CCC(c3nccs3)CC2)cc1. The number of piperidine rings is 1. The zero-order valence-corrected chi connectivity index (χ0v) is 14.5. The summed E-state index contributed by atoms with van der Waals surface area (Å²) in [4.78, 5) is 18.8. The van der Waals surface area contributed by atoms with Crippen LogP contribution < -0.4 is 0 Å². The first-order valence-corrected chi connectivity index (χ1v) is 9.33. The molecule has 2 heterocycles. The van der Waals surface area contributed by atoms with Crippen LogP contribution in [-0.2, 0) is 11.2 Å². The van der Waals surface area contributed by atoms with Crippen molar-refractivity contribution in [2.24, 2.45) is 0 Å². The van der Waals surface area contributed by atoms with E-state index in [4.69, 9.17) is 0 Å². The average molecular weight is 328 g/mol. The Balaban J connectivity index is 1.40. The fourth-order valence-corrected chi connectivity index (χ4v) is 3.98. The molecule has 0 saturated carbocycles. The van der Waals surface area contributed by atoms with Gasteiger partial charge in [-0.1, -0.05) is 29.8 Å². The molecule has 122 valence electrons. The van der Waals surface area contributed by atoms with E-state index in [0.29, 0.717) is 18.2 Å². The number of hydrogen-bond donors (Lipinski definition) is 0. The summed E-state index contributed by atoms with van der Waals surface area (Å²) in [6.07, 6.45) is 6.57. The summed E-state index contributed by atoms with van der Waals surface area (Å²) in [5, 5.41) is 3.27. The second kappa shape index (κ2) is 7.73. The Bertz CT molecular complexity index is 613. The van der Waals surface area contributed by atoms with Crippen LogP contribution in [0.1, 0.15) is 47.7 Å². The molecule has 4 heteroatoms. The minimum atomic E-state index is 0.315. The first-order chi connectivity index (χ1) is 11.2. The van der Waals surface area contributed by atoms with Gasteiger partial charge in [-0.2, -0.15) is 0 Å². The molecular formula is C19H24N2OS. The van der Waals surface area contributed by atoms with Gasteiger partial charge in [0.05, 0.1) is 5.01 Å². The number of amides is 1. The highest BCUT2D eigenvalue weighted by Crippen LogP contribution is 2.29. The van der Waals surface area contributed by atoms with Gasteiger partial charge in [-0.25, -0.2) is 4.98 Å². The van der Waals surface area contributed by atoms with E-state index in [1.807, 2.05) is 16.5 Å². The van der Waals surface area contributed by atoms with Crippen molar-refractivity contribution in [3.63, 3.8) is 0 Å². The molecule has 0 radical (unpaired) electrons. The zero-order chi connectivity index (χ0) is 16.1. The maximum atomic E-state index is 12.3. The Morgan fingerprint density at radius 2 is 2.00 bits per heavy atom. The number of thiazole rings is 1. The molecule has 1 amide bonds. The number of carbonyl (C=O) groups excluding carboxylic acids is 1. The number of rotatable bonds is 5. The lowest BCUT2D eigenvalue weighted by Crippen LogP contribution is -2.37. The lowest BCUT2D eigenvalue weighted by Gasteiger charge is -2.31. The normalized spacial score (nSPS) is 15.8. The van der Waals surface area contributed by atoms with E-state index in [1.165, 1.54) is 16.1 Å². The van der Waals surface area contributed by atoms with Crippen LogP contribution in [0.3, 0.4) is 0 Å². The van der Waals surface area contributed by atoms with E-state index in [-0.39, 0.29) is 0 Å². The molecule has 0 spiro atoms. The third-order valence-electron chi connectivity index (χ3n) is 4.63. The Hall–Kier alpha value is -1.68. The van der Waals surface area contributed by atoms with Gasteiger partial charge in [0.25, 0.3) is 0 Å². The third kappa shape index (κ3) is 4.41. The minimum absolute atomic E-state index is 0.315. The van der Waals surface area contributed by atoms with Gasteiger partial charge >= 0.3 is 0 Å². The molecule has 3 nitrogen and oxygen atoms in total. The highest BCUT2D eigenvalue weighted by atomic mass is 32.1. The standard InChI is InChI=1S/C19H24N2OS/c1-15-5-7-16(8-6-15)3-2-4-18(22)21-12-9-17(10-13-21)19-20-11-14-23-19/h5-8,11,14,17H,2-4,9-10,12-13H2,1H3. The molecule has 23 heavy (non-hydrogen) atoms. The van der Waals surface area contributed by atoms with Crippen molar-refractivity contribution < 1.29 is 4.79 Å². The molecule has 1 aromatic carbocycles. The van der Waals surface area contributed by atoms with Gasteiger partial charge in [0.1, 0.15) is 0 Å². The largest absolute Gasteiger partial charge is 0.343 e. The number of nitrogens with zero attached hydrogens (tertiary/aromatic N) is 2. The second-order valence-corrected chi connectivity index (χ2v) is 7.29. The highest BCUT2D eigenvalue weighted by molar-refractivity contribution is 7.09. The molecule has 2 aromatic rings. The van der Waals surface area contributed by atoms with Crippen molar-refractivity contribution in [3.8, 4) is 0 Å². The van der Waals surface area contributed by atoms with E-state index < -0.39 is 0 Å². The molecular weight excluding hydrogens is 304 g/mol. The van der Waals surface area contributed by atoms with Gasteiger partial charge in [-0.05, 0) is 38.2 Å². The summed E-state index contributed by atoms with van der Waals surface area (Å²) in [7, 11) is 0. The first-order valence-electron chi connectivity index (χ1n) is 8.45. The maximum Gasteiger partial charge on any atom is 0.222 e. The summed E-state index contributed by atoms with van der Waals surface area (Å²) in [5.74, 6) is 0.862. The number of aryl methyl sites for hydroxylation is 2. The van der Waals surface area contributed by atoms with Crippen LogP contribution in [0.2, 0.25) is 0 Å². The van der Waals surface area contributed by atoms with Gasteiger partial charge in [-0.3, -0.25) is 4.79 Å². The van der Waals surface area contributed by atoms with Gasteiger partial charge in [0, 0.05) is 37.0 Å².